The monoisotopic (exact) mass is 863 g/mol. The van der Waals surface area contributed by atoms with Gasteiger partial charge in [-0.05, 0) is 103 Å². The van der Waals surface area contributed by atoms with Crippen LogP contribution < -0.4 is 0 Å². The highest BCUT2D eigenvalue weighted by Crippen LogP contribution is 2.14. The molecule has 0 aliphatic rings. The molecular formula is C56H94O6. The topological polar surface area (TPSA) is 78.9 Å². The molecule has 0 aromatic carbocycles. The summed E-state index contributed by atoms with van der Waals surface area (Å²) >= 11 is 0. The van der Waals surface area contributed by atoms with Gasteiger partial charge in [-0.1, -0.05) is 196 Å². The van der Waals surface area contributed by atoms with Crippen molar-refractivity contribution >= 4 is 17.9 Å². The third-order valence-corrected chi connectivity index (χ3v) is 10.6. The summed E-state index contributed by atoms with van der Waals surface area (Å²) in [6, 6.07) is 0. The third kappa shape index (κ3) is 47.6. The first-order chi connectivity index (χ1) is 30.5. The van der Waals surface area contributed by atoms with E-state index in [2.05, 4.69) is 106 Å². The van der Waals surface area contributed by atoms with E-state index in [0.29, 0.717) is 19.3 Å². The Morgan fingerprint density at radius 3 is 1.08 bits per heavy atom. The molecule has 6 nitrogen and oxygen atoms in total. The molecule has 0 amide bonds. The van der Waals surface area contributed by atoms with E-state index in [1.807, 2.05) is 0 Å². The quantitative estimate of drug-likeness (QED) is 0.0263. The van der Waals surface area contributed by atoms with Crippen LogP contribution >= 0.6 is 0 Å². The van der Waals surface area contributed by atoms with Crippen LogP contribution in [0.3, 0.4) is 0 Å². The van der Waals surface area contributed by atoms with Gasteiger partial charge in [-0.25, -0.2) is 0 Å². The minimum atomic E-state index is -0.806. The highest BCUT2D eigenvalue weighted by Gasteiger charge is 2.19. The number of allylic oxidation sites excluding steroid dienone is 14. The molecule has 0 rings (SSSR count). The molecule has 1 unspecified atom stereocenters. The van der Waals surface area contributed by atoms with E-state index in [1.165, 1.54) is 89.9 Å². The van der Waals surface area contributed by atoms with Gasteiger partial charge in [0.25, 0.3) is 0 Å². The molecule has 0 aromatic heterocycles. The van der Waals surface area contributed by atoms with Crippen LogP contribution in [-0.2, 0) is 28.6 Å². The first kappa shape index (κ1) is 58.6. The molecule has 0 bridgehead atoms. The van der Waals surface area contributed by atoms with Crippen molar-refractivity contribution in [2.24, 2.45) is 0 Å². The van der Waals surface area contributed by atoms with Crippen LogP contribution in [0.4, 0.5) is 0 Å². The van der Waals surface area contributed by atoms with Crippen molar-refractivity contribution in [3.8, 4) is 0 Å². The average Bonchev–Trinajstić information content (AvgIpc) is 3.27. The van der Waals surface area contributed by atoms with Crippen molar-refractivity contribution < 1.29 is 28.6 Å². The van der Waals surface area contributed by atoms with Crippen molar-refractivity contribution in [2.45, 2.75) is 239 Å². The zero-order chi connectivity index (χ0) is 45.1. The van der Waals surface area contributed by atoms with Crippen molar-refractivity contribution in [3.05, 3.63) is 85.1 Å². The van der Waals surface area contributed by atoms with E-state index in [4.69, 9.17) is 14.2 Å². The summed E-state index contributed by atoms with van der Waals surface area (Å²) in [7, 11) is 0. The highest BCUT2D eigenvalue weighted by atomic mass is 16.6. The van der Waals surface area contributed by atoms with Crippen LogP contribution in [0.25, 0.3) is 0 Å². The summed E-state index contributed by atoms with van der Waals surface area (Å²) in [6.45, 7) is 6.34. The molecule has 0 aliphatic heterocycles. The molecule has 0 heterocycles. The van der Waals surface area contributed by atoms with Gasteiger partial charge in [0.05, 0.1) is 0 Å². The van der Waals surface area contributed by atoms with Crippen molar-refractivity contribution in [2.75, 3.05) is 13.2 Å². The first-order valence-electron chi connectivity index (χ1n) is 25.6. The van der Waals surface area contributed by atoms with E-state index in [9.17, 15) is 14.4 Å². The molecule has 354 valence electrons. The Bertz CT molecular complexity index is 1220. The molecule has 0 radical (unpaired) electrons. The molecule has 0 saturated heterocycles. The number of carbonyl (C=O) groups excluding carboxylic acids is 3. The fourth-order valence-electron chi connectivity index (χ4n) is 6.83. The van der Waals surface area contributed by atoms with Crippen molar-refractivity contribution in [3.63, 3.8) is 0 Å². The van der Waals surface area contributed by atoms with E-state index in [0.717, 1.165) is 96.3 Å². The fourth-order valence-corrected chi connectivity index (χ4v) is 6.83. The maximum absolute atomic E-state index is 12.8. The van der Waals surface area contributed by atoms with Gasteiger partial charge in [0, 0.05) is 19.3 Å². The fraction of sp³-hybridized carbons (Fsp3) is 0.696. The maximum Gasteiger partial charge on any atom is 0.306 e. The molecule has 62 heavy (non-hydrogen) atoms. The summed E-state index contributed by atoms with van der Waals surface area (Å²) in [5.74, 6) is -0.981. The normalized spacial score (nSPS) is 12.8. The van der Waals surface area contributed by atoms with Gasteiger partial charge in [-0.2, -0.15) is 0 Å². The SMILES string of the molecule is CC/C=C\C/C=C\C/C=C\CCCCCCCCCCCC(=O)OCC(COC(=O)CCC/C=C\C/C=C\C/C=C\CC)OC(=O)CCCCC/C=C\CCCCCCCCC. The second-order valence-corrected chi connectivity index (χ2v) is 16.7. The Labute approximate surface area is 382 Å². The van der Waals surface area contributed by atoms with Crippen LogP contribution in [-0.4, -0.2) is 37.2 Å². The summed E-state index contributed by atoms with van der Waals surface area (Å²) in [5, 5.41) is 0. The van der Waals surface area contributed by atoms with Crippen LogP contribution in [0.5, 0.6) is 0 Å². The van der Waals surface area contributed by atoms with Crippen molar-refractivity contribution in [1.29, 1.82) is 0 Å². The number of carbonyl (C=O) groups is 3. The van der Waals surface area contributed by atoms with Crippen LogP contribution in [0.1, 0.15) is 233 Å². The Morgan fingerprint density at radius 2 is 0.645 bits per heavy atom. The molecule has 0 aliphatic carbocycles. The molecule has 0 N–H and O–H groups in total. The third-order valence-electron chi connectivity index (χ3n) is 10.6. The predicted molar refractivity (Wildman–Crippen MR) is 265 cm³/mol. The van der Waals surface area contributed by atoms with Gasteiger partial charge in [0.2, 0.25) is 0 Å². The Balaban J connectivity index is 4.41. The van der Waals surface area contributed by atoms with Crippen LogP contribution in [0.15, 0.2) is 85.1 Å². The Kier molecular flexibility index (Phi) is 47.5. The molecular weight excluding hydrogens is 769 g/mol. The highest BCUT2D eigenvalue weighted by molar-refractivity contribution is 5.71. The Morgan fingerprint density at radius 1 is 0.339 bits per heavy atom. The van der Waals surface area contributed by atoms with Gasteiger partial charge in [-0.3, -0.25) is 14.4 Å². The van der Waals surface area contributed by atoms with E-state index >= 15 is 0 Å². The lowest BCUT2D eigenvalue weighted by atomic mass is 10.1. The van der Waals surface area contributed by atoms with E-state index < -0.39 is 6.10 Å². The molecule has 0 aromatic rings. The Hall–Kier alpha value is -3.41. The van der Waals surface area contributed by atoms with Crippen molar-refractivity contribution in [1.82, 2.24) is 0 Å². The summed E-state index contributed by atoms with van der Waals surface area (Å²) < 4.78 is 16.7. The number of ether oxygens (including phenoxy) is 3. The van der Waals surface area contributed by atoms with Gasteiger partial charge in [0.1, 0.15) is 13.2 Å². The van der Waals surface area contributed by atoms with Gasteiger partial charge in [0.15, 0.2) is 6.10 Å². The summed E-state index contributed by atoms with van der Waals surface area (Å²) in [4.78, 5) is 37.9. The summed E-state index contributed by atoms with van der Waals surface area (Å²) in [6.07, 6.45) is 64.4. The lowest BCUT2D eigenvalue weighted by Gasteiger charge is -2.18. The van der Waals surface area contributed by atoms with E-state index in [1.54, 1.807) is 0 Å². The van der Waals surface area contributed by atoms with Crippen LogP contribution in [0.2, 0.25) is 0 Å². The molecule has 0 saturated carbocycles. The molecule has 6 heteroatoms. The zero-order valence-electron chi connectivity index (χ0n) is 40.4. The second-order valence-electron chi connectivity index (χ2n) is 16.7. The number of hydrogen-bond acceptors (Lipinski definition) is 6. The van der Waals surface area contributed by atoms with Gasteiger partial charge < -0.3 is 14.2 Å². The number of unbranched alkanes of at least 4 members (excludes halogenated alkanes) is 20. The lowest BCUT2D eigenvalue weighted by molar-refractivity contribution is -0.167. The number of hydrogen-bond donors (Lipinski definition) is 0. The first-order valence-corrected chi connectivity index (χ1v) is 25.6. The van der Waals surface area contributed by atoms with Gasteiger partial charge in [-0.15, -0.1) is 0 Å². The summed E-state index contributed by atoms with van der Waals surface area (Å²) in [5.41, 5.74) is 0. The predicted octanol–water partition coefficient (Wildman–Crippen LogP) is 16.8. The lowest BCUT2D eigenvalue weighted by Crippen LogP contribution is -2.30. The molecule has 1 atom stereocenters. The van der Waals surface area contributed by atoms with E-state index in [-0.39, 0.29) is 37.5 Å². The number of esters is 3. The average molecular weight is 863 g/mol. The number of rotatable bonds is 45. The van der Waals surface area contributed by atoms with Crippen LogP contribution in [0, 0.1) is 0 Å². The van der Waals surface area contributed by atoms with Gasteiger partial charge >= 0.3 is 17.9 Å². The minimum Gasteiger partial charge on any atom is -0.462 e. The molecule has 0 fully saturated rings. The maximum atomic E-state index is 12.8. The standard InChI is InChI=1S/C56H94O6/c1-4-7-10-13-16-19-22-24-26-27-28-29-30-32-34-37-40-43-46-49-55(58)61-52-53(51-60-54(57)48-45-42-39-36-33-21-18-15-12-9-6-3)62-56(59)50-47-44-41-38-35-31-25-23-20-17-14-11-8-5-2/h7,9-10,12,16,18-19,21,24,26,31,35-36,39,53H,4-6,8,11,13-15,17,20,22-23,25,27-30,32-34,37-38,40-52H2,1-3H3/b10-7-,12-9-,19-16-,21-18-,26-24-,35-31-,39-36-. The largest absolute Gasteiger partial charge is 0.462 e. The zero-order valence-corrected chi connectivity index (χ0v) is 40.4. The minimum absolute atomic E-state index is 0.102. The smallest absolute Gasteiger partial charge is 0.306 e. The second kappa shape index (κ2) is 50.2. The molecule has 0 spiro atoms.